The van der Waals surface area contributed by atoms with Crippen LogP contribution in [0.25, 0.3) is 5.57 Å². The molecule has 1 fully saturated rings. The zero-order valence-corrected chi connectivity index (χ0v) is 21.0. The van der Waals surface area contributed by atoms with Gasteiger partial charge in [-0.3, -0.25) is 24.2 Å². The number of benzene rings is 3. The molecule has 0 spiro atoms. The maximum atomic E-state index is 13.6. The van der Waals surface area contributed by atoms with Gasteiger partial charge in [0.25, 0.3) is 11.8 Å². The first-order chi connectivity index (χ1) is 17.5. The number of thioether (sulfide) groups is 1. The molecule has 1 N–H and O–H groups in total. The molecule has 3 amide bonds. The van der Waals surface area contributed by atoms with Crippen molar-refractivity contribution >= 4 is 57.3 Å². The second kappa shape index (κ2) is 10.5. The zero-order valence-electron chi connectivity index (χ0n) is 19.3. The maximum absolute atomic E-state index is 13.6. The Bertz CT molecular complexity index is 1370. The highest BCUT2D eigenvalue weighted by Crippen LogP contribution is 2.44. The summed E-state index contributed by atoms with van der Waals surface area (Å²) >= 11 is 6.64. The van der Waals surface area contributed by atoms with Crippen LogP contribution in [0.3, 0.4) is 0 Å². The number of para-hydroxylation sites is 1. The van der Waals surface area contributed by atoms with Gasteiger partial charge in [-0.15, -0.1) is 0 Å². The highest BCUT2D eigenvalue weighted by Gasteiger charge is 2.42. The molecule has 5 rings (SSSR count). The Labute approximate surface area is 219 Å². The van der Waals surface area contributed by atoms with E-state index in [4.69, 9.17) is 12.2 Å². The number of carbonyl (C=O) groups is 3. The van der Waals surface area contributed by atoms with Crippen LogP contribution in [0, 0.1) is 0 Å². The predicted molar refractivity (Wildman–Crippen MR) is 146 cm³/mol. The van der Waals surface area contributed by atoms with Crippen molar-refractivity contribution in [2.24, 2.45) is 0 Å². The summed E-state index contributed by atoms with van der Waals surface area (Å²) in [5, 5.41) is 2.89. The summed E-state index contributed by atoms with van der Waals surface area (Å²) in [5.74, 6) is -0.914. The van der Waals surface area contributed by atoms with Crippen LogP contribution < -0.4 is 10.2 Å². The van der Waals surface area contributed by atoms with Crippen LogP contribution in [-0.2, 0) is 27.3 Å². The molecule has 0 atom stereocenters. The van der Waals surface area contributed by atoms with Gasteiger partial charge in [-0.2, -0.15) is 0 Å². The fourth-order valence-electron chi connectivity index (χ4n) is 4.30. The van der Waals surface area contributed by atoms with Crippen LogP contribution in [0.1, 0.15) is 16.7 Å². The average molecular weight is 514 g/mol. The first kappa shape index (κ1) is 24.0. The molecule has 36 heavy (non-hydrogen) atoms. The maximum Gasteiger partial charge on any atom is 0.267 e. The van der Waals surface area contributed by atoms with Crippen LogP contribution >= 0.6 is 24.0 Å². The normalized spacial score (nSPS) is 17.1. The summed E-state index contributed by atoms with van der Waals surface area (Å²) in [4.78, 5) is 42.9. The Morgan fingerprint density at radius 1 is 0.806 bits per heavy atom. The summed E-state index contributed by atoms with van der Waals surface area (Å²) in [6.45, 7) is 0.682. The Kier molecular flexibility index (Phi) is 6.97. The number of hydrogen-bond acceptors (Lipinski definition) is 5. The summed E-state index contributed by atoms with van der Waals surface area (Å²) in [6, 6.07) is 26.7. The van der Waals surface area contributed by atoms with Crippen molar-refractivity contribution in [3.63, 3.8) is 0 Å². The lowest BCUT2D eigenvalue weighted by molar-refractivity contribution is -0.122. The minimum absolute atomic E-state index is 0.127. The smallest absolute Gasteiger partial charge is 0.267 e. The molecule has 180 valence electrons. The Morgan fingerprint density at radius 3 is 2.17 bits per heavy atom. The summed E-state index contributed by atoms with van der Waals surface area (Å²) in [5.41, 5.74) is 3.63. The first-order valence-corrected chi connectivity index (χ1v) is 12.8. The largest absolute Gasteiger partial charge is 0.354 e. The predicted octanol–water partition coefficient (Wildman–Crippen LogP) is 4.16. The third-order valence-electron chi connectivity index (χ3n) is 6.06. The molecular weight excluding hydrogens is 490 g/mol. The van der Waals surface area contributed by atoms with E-state index in [2.05, 4.69) is 5.32 Å². The first-order valence-electron chi connectivity index (χ1n) is 11.6. The van der Waals surface area contributed by atoms with Crippen LogP contribution in [0.4, 0.5) is 5.69 Å². The molecule has 0 radical (unpaired) electrons. The molecule has 0 aromatic heterocycles. The molecule has 3 aromatic carbocycles. The van der Waals surface area contributed by atoms with E-state index in [1.165, 1.54) is 9.80 Å². The lowest BCUT2D eigenvalue weighted by Crippen LogP contribution is -2.39. The number of fused-ring (bicyclic) bond motifs is 1. The van der Waals surface area contributed by atoms with Crippen molar-refractivity contribution in [3.05, 3.63) is 107 Å². The van der Waals surface area contributed by atoms with E-state index in [9.17, 15) is 14.4 Å². The van der Waals surface area contributed by atoms with Gasteiger partial charge >= 0.3 is 0 Å². The van der Waals surface area contributed by atoms with Gasteiger partial charge in [-0.25, -0.2) is 0 Å². The fourth-order valence-corrected chi connectivity index (χ4v) is 5.63. The summed E-state index contributed by atoms with van der Waals surface area (Å²) in [7, 11) is 0. The monoisotopic (exact) mass is 513 g/mol. The zero-order chi connectivity index (χ0) is 25.1. The third-order valence-corrected chi connectivity index (χ3v) is 7.51. The molecule has 3 aromatic rings. The summed E-state index contributed by atoms with van der Waals surface area (Å²) in [6.07, 6.45) is 0.701. The number of anilines is 1. The quantitative estimate of drug-likeness (QED) is 0.380. The number of carbonyl (C=O) groups excluding carboxylic acids is 3. The standard InChI is InChI=1S/C28H23N3O3S2/c32-23(29-16-15-19-9-3-1-4-10-19)18-30-22-14-8-7-13-21(22)24(26(30)33)25-27(34)31(28(35)36-25)17-20-11-5-2-6-12-20/h1-14H,15-18H2,(H,29,32). The van der Waals surface area contributed by atoms with Crippen LogP contribution in [0.15, 0.2) is 89.8 Å². The number of hydrogen-bond donors (Lipinski definition) is 1. The molecule has 0 bridgehead atoms. The van der Waals surface area contributed by atoms with Crippen LogP contribution in [0.2, 0.25) is 0 Å². The van der Waals surface area contributed by atoms with Gasteiger partial charge in [-0.05, 0) is 23.6 Å². The minimum atomic E-state index is -0.366. The summed E-state index contributed by atoms with van der Waals surface area (Å²) < 4.78 is 0.411. The van der Waals surface area contributed by atoms with Crippen molar-refractivity contribution in [2.75, 3.05) is 18.0 Å². The molecule has 2 heterocycles. The van der Waals surface area contributed by atoms with E-state index in [0.29, 0.717) is 45.6 Å². The van der Waals surface area contributed by atoms with E-state index in [0.717, 1.165) is 22.9 Å². The fraction of sp³-hybridized carbons (Fsp3) is 0.143. The van der Waals surface area contributed by atoms with E-state index in [-0.39, 0.29) is 24.3 Å². The highest BCUT2D eigenvalue weighted by molar-refractivity contribution is 8.26. The lowest BCUT2D eigenvalue weighted by atomic mass is 10.1. The Morgan fingerprint density at radius 2 is 1.44 bits per heavy atom. The van der Waals surface area contributed by atoms with Crippen molar-refractivity contribution in [3.8, 4) is 0 Å². The molecule has 1 saturated heterocycles. The second-order valence-electron chi connectivity index (χ2n) is 8.44. The SMILES string of the molecule is O=C(CN1C(=O)C(=C2SC(=S)N(Cc3ccccc3)C2=O)c2ccccc21)NCCc1ccccc1. The van der Waals surface area contributed by atoms with Gasteiger partial charge in [0.1, 0.15) is 10.9 Å². The molecule has 0 saturated carbocycles. The number of amides is 3. The van der Waals surface area contributed by atoms with Crippen molar-refractivity contribution in [2.45, 2.75) is 13.0 Å². The molecular formula is C28H23N3O3S2. The van der Waals surface area contributed by atoms with E-state index in [1.54, 1.807) is 12.1 Å². The van der Waals surface area contributed by atoms with Gasteiger partial charge < -0.3 is 5.32 Å². The molecule has 2 aliphatic rings. The van der Waals surface area contributed by atoms with Crippen molar-refractivity contribution in [1.82, 2.24) is 10.2 Å². The van der Waals surface area contributed by atoms with E-state index in [1.807, 2.05) is 72.8 Å². The average Bonchev–Trinajstić information content (AvgIpc) is 3.32. The molecule has 0 unspecified atom stereocenters. The Hall–Kier alpha value is -3.75. The van der Waals surface area contributed by atoms with Gasteiger partial charge in [0.05, 0.1) is 22.7 Å². The number of rotatable bonds is 7. The number of nitrogens with zero attached hydrogens (tertiary/aromatic N) is 2. The number of thiocarbonyl (C=S) groups is 1. The third kappa shape index (κ3) is 4.82. The van der Waals surface area contributed by atoms with Crippen molar-refractivity contribution < 1.29 is 14.4 Å². The molecule has 8 heteroatoms. The second-order valence-corrected chi connectivity index (χ2v) is 10.1. The van der Waals surface area contributed by atoms with Gasteiger partial charge in [0.15, 0.2) is 0 Å². The Balaban J connectivity index is 1.34. The van der Waals surface area contributed by atoms with Gasteiger partial charge in [0.2, 0.25) is 5.91 Å². The highest BCUT2D eigenvalue weighted by atomic mass is 32.2. The van der Waals surface area contributed by atoms with Gasteiger partial charge in [0, 0.05) is 12.1 Å². The number of nitrogens with one attached hydrogen (secondary N) is 1. The van der Waals surface area contributed by atoms with Gasteiger partial charge in [-0.1, -0.05) is 103 Å². The molecule has 2 aliphatic heterocycles. The van der Waals surface area contributed by atoms with Crippen molar-refractivity contribution in [1.29, 1.82) is 0 Å². The lowest BCUT2D eigenvalue weighted by Gasteiger charge is -2.17. The molecule has 6 nitrogen and oxygen atoms in total. The minimum Gasteiger partial charge on any atom is -0.354 e. The topological polar surface area (TPSA) is 69.7 Å². The van der Waals surface area contributed by atoms with Crippen LogP contribution in [0.5, 0.6) is 0 Å². The van der Waals surface area contributed by atoms with E-state index < -0.39 is 0 Å². The van der Waals surface area contributed by atoms with Crippen LogP contribution in [-0.4, -0.2) is 40.0 Å². The van der Waals surface area contributed by atoms with E-state index >= 15 is 0 Å². The molecule has 0 aliphatic carbocycles.